The summed E-state index contributed by atoms with van der Waals surface area (Å²) in [4.78, 5) is 11.5. The van der Waals surface area contributed by atoms with E-state index in [1.807, 2.05) is 30.3 Å². The highest BCUT2D eigenvalue weighted by atomic mass is 16.5. The molecule has 0 N–H and O–H groups in total. The van der Waals surface area contributed by atoms with Crippen molar-refractivity contribution in [3.8, 4) is 0 Å². The Bertz CT molecular complexity index is 775. The van der Waals surface area contributed by atoms with Gasteiger partial charge in [-0.15, -0.1) is 10.2 Å². The quantitative estimate of drug-likeness (QED) is 0.688. The third-order valence-electron chi connectivity index (χ3n) is 3.14. The number of carbonyl (C=O) groups is 1. The van der Waals surface area contributed by atoms with Crippen LogP contribution in [0.2, 0.25) is 0 Å². The molecule has 0 aliphatic heterocycles. The van der Waals surface area contributed by atoms with Gasteiger partial charge in [-0.1, -0.05) is 42.5 Å². The fourth-order valence-corrected chi connectivity index (χ4v) is 2.21. The summed E-state index contributed by atoms with van der Waals surface area (Å²) in [6.07, 6.45) is 0.480. The highest BCUT2D eigenvalue weighted by Crippen LogP contribution is 2.20. The first kappa shape index (κ1) is 13.3. The van der Waals surface area contributed by atoms with Gasteiger partial charge in [0.1, 0.15) is 0 Å². The Kier molecular flexibility index (Phi) is 3.64. The molecule has 1 aromatic heterocycles. The van der Waals surface area contributed by atoms with Crippen molar-refractivity contribution < 1.29 is 13.9 Å². The van der Waals surface area contributed by atoms with E-state index < -0.39 is 5.97 Å². The van der Waals surface area contributed by atoms with E-state index in [1.54, 1.807) is 6.92 Å². The molecule has 0 fully saturated rings. The molecule has 5 nitrogen and oxygen atoms in total. The molecule has 3 rings (SSSR count). The van der Waals surface area contributed by atoms with Crippen molar-refractivity contribution in [1.29, 1.82) is 0 Å². The van der Waals surface area contributed by atoms with E-state index in [2.05, 4.69) is 22.3 Å². The molecule has 1 heterocycles. The number of esters is 1. The molecule has 5 heteroatoms. The van der Waals surface area contributed by atoms with Crippen molar-refractivity contribution >= 4 is 16.7 Å². The topological polar surface area (TPSA) is 65.2 Å². The lowest BCUT2D eigenvalue weighted by Gasteiger charge is -2.03. The van der Waals surface area contributed by atoms with Gasteiger partial charge in [0.25, 0.3) is 0 Å². The maximum atomic E-state index is 11.5. The minimum Gasteiger partial charge on any atom is -0.459 e. The van der Waals surface area contributed by atoms with Crippen LogP contribution in [-0.4, -0.2) is 22.8 Å². The number of ether oxygens (including phenoxy) is 1. The largest absolute Gasteiger partial charge is 0.459 e. The molecule has 3 aromatic rings. The van der Waals surface area contributed by atoms with E-state index in [0.717, 1.165) is 16.3 Å². The molecule has 0 saturated carbocycles. The fraction of sp³-hybridized carbons (Fsp3) is 0.188. The minimum atomic E-state index is -0.589. The average Bonchev–Trinajstić information content (AvgIpc) is 2.97. The Hall–Kier alpha value is -2.69. The lowest BCUT2D eigenvalue weighted by molar-refractivity contribution is 0.0479. The Morgan fingerprint density at radius 1 is 1.14 bits per heavy atom. The normalized spacial score (nSPS) is 10.7. The lowest BCUT2D eigenvalue weighted by atomic mass is 10.0. The van der Waals surface area contributed by atoms with Crippen molar-refractivity contribution in [3.05, 3.63) is 59.8 Å². The number of carbonyl (C=O) groups excluding carboxylic acids is 1. The van der Waals surface area contributed by atoms with E-state index in [0.29, 0.717) is 12.3 Å². The Morgan fingerprint density at radius 2 is 1.95 bits per heavy atom. The zero-order valence-corrected chi connectivity index (χ0v) is 11.6. The number of benzene rings is 2. The van der Waals surface area contributed by atoms with Crippen LogP contribution in [0.3, 0.4) is 0 Å². The van der Waals surface area contributed by atoms with E-state index in [-0.39, 0.29) is 12.5 Å². The van der Waals surface area contributed by atoms with Crippen LogP contribution in [-0.2, 0) is 11.2 Å². The van der Waals surface area contributed by atoms with Crippen molar-refractivity contribution in [1.82, 2.24) is 10.2 Å². The third kappa shape index (κ3) is 2.76. The summed E-state index contributed by atoms with van der Waals surface area (Å²) < 4.78 is 10.2. The first-order valence-electron chi connectivity index (χ1n) is 6.74. The van der Waals surface area contributed by atoms with Crippen LogP contribution in [0.25, 0.3) is 10.8 Å². The van der Waals surface area contributed by atoms with Gasteiger partial charge in [-0.2, -0.15) is 0 Å². The summed E-state index contributed by atoms with van der Waals surface area (Å²) in [6.45, 7) is 2.01. The SMILES string of the molecule is CCOC(=O)c1nnc(Cc2cccc3ccccc23)o1. The standard InChI is InChI=1S/C16H14N2O3/c1-2-20-16(19)15-18-17-14(21-15)10-12-8-5-7-11-6-3-4-9-13(11)12/h3-9H,2,10H2,1H3. The predicted molar refractivity (Wildman–Crippen MR) is 77.0 cm³/mol. The summed E-state index contributed by atoms with van der Waals surface area (Å²) in [5.41, 5.74) is 1.08. The smallest absolute Gasteiger partial charge is 0.396 e. The van der Waals surface area contributed by atoms with E-state index >= 15 is 0 Å². The van der Waals surface area contributed by atoms with Gasteiger partial charge in [-0.05, 0) is 23.3 Å². The molecule has 21 heavy (non-hydrogen) atoms. The molecule has 0 radical (unpaired) electrons. The summed E-state index contributed by atoms with van der Waals surface area (Å²) in [6, 6.07) is 14.1. The number of hydrogen-bond acceptors (Lipinski definition) is 5. The molecular formula is C16H14N2O3. The molecule has 0 aliphatic carbocycles. The molecule has 0 amide bonds. The third-order valence-corrected chi connectivity index (χ3v) is 3.14. The second-order valence-electron chi connectivity index (χ2n) is 4.54. The van der Waals surface area contributed by atoms with Crippen LogP contribution in [0, 0.1) is 0 Å². The maximum Gasteiger partial charge on any atom is 0.396 e. The Morgan fingerprint density at radius 3 is 2.81 bits per heavy atom. The van der Waals surface area contributed by atoms with Crippen molar-refractivity contribution in [2.24, 2.45) is 0 Å². The summed E-state index contributed by atoms with van der Waals surface area (Å²) in [5.74, 6) is -0.296. The van der Waals surface area contributed by atoms with Crippen molar-refractivity contribution in [2.45, 2.75) is 13.3 Å². The number of nitrogens with zero attached hydrogens (tertiary/aromatic N) is 2. The second-order valence-corrected chi connectivity index (χ2v) is 4.54. The summed E-state index contributed by atoms with van der Waals surface area (Å²) in [5, 5.41) is 9.91. The zero-order chi connectivity index (χ0) is 14.7. The monoisotopic (exact) mass is 282 g/mol. The lowest BCUT2D eigenvalue weighted by Crippen LogP contribution is -2.04. The number of aromatic nitrogens is 2. The van der Waals surface area contributed by atoms with E-state index in [1.165, 1.54) is 0 Å². The number of rotatable bonds is 4. The van der Waals surface area contributed by atoms with Gasteiger partial charge in [0.2, 0.25) is 5.89 Å². The van der Waals surface area contributed by atoms with E-state index in [4.69, 9.17) is 9.15 Å². The van der Waals surface area contributed by atoms with Crippen LogP contribution in [0.15, 0.2) is 46.9 Å². The fourth-order valence-electron chi connectivity index (χ4n) is 2.21. The molecule has 0 bridgehead atoms. The van der Waals surface area contributed by atoms with Gasteiger partial charge < -0.3 is 9.15 Å². The van der Waals surface area contributed by atoms with Crippen LogP contribution in [0.4, 0.5) is 0 Å². The molecule has 0 saturated heterocycles. The zero-order valence-electron chi connectivity index (χ0n) is 11.6. The van der Waals surface area contributed by atoms with Gasteiger partial charge in [-0.25, -0.2) is 4.79 Å². The molecule has 2 aromatic carbocycles. The van der Waals surface area contributed by atoms with E-state index in [9.17, 15) is 4.79 Å². The minimum absolute atomic E-state index is 0.105. The first-order chi connectivity index (χ1) is 10.3. The summed E-state index contributed by atoms with van der Waals surface area (Å²) in [7, 11) is 0. The van der Waals surface area contributed by atoms with Gasteiger partial charge in [-0.3, -0.25) is 0 Å². The highest BCUT2D eigenvalue weighted by molar-refractivity contribution is 5.86. The Balaban J connectivity index is 1.87. The van der Waals surface area contributed by atoms with Gasteiger partial charge in [0.15, 0.2) is 0 Å². The van der Waals surface area contributed by atoms with Crippen molar-refractivity contribution in [2.75, 3.05) is 6.61 Å². The average molecular weight is 282 g/mol. The van der Waals surface area contributed by atoms with Gasteiger partial charge in [0, 0.05) is 0 Å². The van der Waals surface area contributed by atoms with Crippen LogP contribution >= 0.6 is 0 Å². The first-order valence-corrected chi connectivity index (χ1v) is 6.74. The van der Waals surface area contributed by atoms with Crippen molar-refractivity contribution in [3.63, 3.8) is 0 Å². The molecule has 0 aliphatic rings. The molecule has 106 valence electrons. The highest BCUT2D eigenvalue weighted by Gasteiger charge is 2.16. The van der Waals surface area contributed by atoms with Crippen LogP contribution < -0.4 is 0 Å². The second kappa shape index (κ2) is 5.75. The molecular weight excluding hydrogens is 268 g/mol. The van der Waals surface area contributed by atoms with Gasteiger partial charge >= 0.3 is 11.9 Å². The molecule has 0 unspecified atom stereocenters. The predicted octanol–water partition coefficient (Wildman–Crippen LogP) is 2.99. The van der Waals surface area contributed by atoms with Crippen LogP contribution in [0.1, 0.15) is 29.1 Å². The molecule has 0 spiro atoms. The number of hydrogen-bond donors (Lipinski definition) is 0. The Labute approximate surface area is 121 Å². The van der Waals surface area contributed by atoms with Crippen LogP contribution in [0.5, 0.6) is 0 Å². The van der Waals surface area contributed by atoms with Gasteiger partial charge in [0.05, 0.1) is 13.0 Å². The molecule has 0 atom stereocenters. The maximum absolute atomic E-state index is 11.5. The summed E-state index contributed by atoms with van der Waals surface area (Å²) >= 11 is 0. The number of fused-ring (bicyclic) bond motifs is 1.